The second-order valence-electron chi connectivity index (χ2n) is 7.36. The van der Waals surface area contributed by atoms with Crippen molar-refractivity contribution < 1.29 is 0 Å². The minimum Gasteiger partial charge on any atom is -0.354 e. The normalized spacial score (nSPS) is 22.2. The highest BCUT2D eigenvalue weighted by atomic mass is 32.1. The van der Waals surface area contributed by atoms with E-state index in [0.29, 0.717) is 11.5 Å². The molecule has 0 aliphatic carbocycles. The Hall–Kier alpha value is -1.64. The molecule has 1 aliphatic heterocycles. The predicted octanol–water partition coefficient (Wildman–Crippen LogP) is 3.37. The molecular weight excluding hydrogens is 292 g/mol. The third kappa shape index (κ3) is 2.81. The Morgan fingerprint density at radius 3 is 2.91 bits per heavy atom. The van der Waals surface area contributed by atoms with E-state index < -0.39 is 0 Å². The van der Waals surface area contributed by atoms with Gasteiger partial charge in [-0.2, -0.15) is 5.26 Å². The zero-order chi connectivity index (χ0) is 15.9. The van der Waals surface area contributed by atoms with E-state index in [0.717, 1.165) is 35.4 Å². The maximum atomic E-state index is 9.20. The standard InChI is InChI=1S/C17H22N4S/c1-17(2,3)6-11-9-21(10-14(11)19)16-15-13(4-5-22-15)12(7-18)8-20-16/h4-5,8,11,14H,6,9-10,19H2,1-3H3/t11-,14-/m1/s1. The summed E-state index contributed by atoms with van der Waals surface area (Å²) in [6, 6.07) is 4.42. The minimum atomic E-state index is 0.187. The van der Waals surface area contributed by atoms with Crippen LogP contribution >= 0.6 is 11.3 Å². The van der Waals surface area contributed by atoms with Gasteiger partial charge in [0.25, 0.3) is 0 Å². The van der Waals surface area contributed by atoms with E-state index in [1.165, 1.54) is 0 Å². The van der Waals surface area contributed by atoms with Crippen molar-refractivity contribution in [3.63, 3.8) is 0 Å². The molecule has 1 saturated heterocycles. The van der Waals surface area contributed by atoms with Crippen molar-refractivity contribution >= 4 is 27.2 Å². The van der Waals surface area contributed by atoms with Crippen LogP contribution < -0.4 is 10.6 Å². The maximum absolute atomic E-state index is 9.20. The van der Waals surface area contributed by atoms with E-state index in [-0.39, 0.29) is 11.5 Å². The van der Waals surface area contributed by atoms with Gasteiger partial charge < -0.3 is 10.6 Å². The van der Waals surface area contributed by atoms with Crippen LogP contribution in [-0.2, 0) is 0 Å². The van der Waals surface area contributed by atoms with Crippen LogP contribution in [0.25, 0.3) is 10.1 Å². The van der Waals surface area contributed by atoms with Gasteiger partial charge in [-0.15, -0.1) is 11.3 Å². The molecule has 1 aliphatic rings. The van der Waals surface area contributed by atoms with Crippen LogP contribution in [0.5, 0.6) is 0 Å². The van der Waals surface area contributed by atoms with Gasteiger partial charge in [-0.25, -0.2) is 4.98 Å². The summed E-state index contributed by atoms with van der Waals surface area (Å²) in [6.45, 7) is 8.58. The van der Waals surface area contributed by atoms with E-state index in [9.17, 15) is 5.26 Å². The van der Waals surface area contributed by atoms with Crippen LogP contribution in [-0.4, -0.2) is 24.1 Å². The Morgan fingerprint density at radius 1 is 1.45 bits per heavy atom. The van der Waals surface area contributed by atoms with Gasteiger partial charge in [-0.1, -0.05) is 20.8 Å². The van der Waals surface area contributed by atoms with Crippen LogP contribution in [0, 0.1) is 22.7 Å². The fraction of sp³-hybridized carbons (Fsp3) is 0.529. The fourth-order valence-corrected chi connectivity index (χ4v) is 4.27. The molecule has 0 saturated carbocycles. The number of rotatable bonds is 2. The van der Waals surface area contributed by atoms with E-state index in [1.807, 2.05) is 11.4 Å². The lowest BCUT2D eigenvalue weighted by Crippen LogP contribution is -2.31. The fourth-order valence-electron chi connectivity index (χ4n) is 3.33. The Bertz CT molecular complexity index is 722. The first-order valence-corrected chi connectivity index (χ1v) is 8.54. The van der Waals surface area contributed by atoms with Crippen LogP contribution in [0.15, 0.2) is 17.6 Å². The highest BCUT2D eigenvalue weighted by molar-refractivity contribution is 7.17. The van der Waals surface area contributed by atoms with Crippen LogP contribution in [0.1, 0.15) is 32.8 Å². The quantitative estimate of drug-likeness (QED) is 0.923. The van der Waals surface area contributed by atoms with Crippen molar-refractivity contribution in [2.24, 2.45) is 17.1 Å². The topological polar surface area (TPSA) is 65.9 Å². The van der Waals surface area contributed by atoms with Gasteiger partial charge in [0.05, 0.1) is 10.3 Å². The van der Waals surface area contributed by atoms with Crippen molar-refractivity contribution in [1.29, 1.82) is 5.26 Å². The summed E-state index contributed by atoms with van der Waals surface area (Å²) < 4.78 is 1.10. The van der Waals surface area contributed by atoms with Gasteiger partial charge in [0.2, 0.25) is 0 Å². The number of pyridine rings is 1. The van der Waals surface area contributed by atoms with Crippen molar-refractivity contribution in [1.82, 2.24) is 4.98 Å². The second kappa shape index (κ2) is 5.53. The molecule has 2 atom stereocenters. The monoisotopic (exact) mass is 314 g/mol. The number of hydrogen-bond donors (Lipinski definition) is 1. The van der Waals surface area contributed by atoms with Crippen LogP contribution in [0.4, 0.5) is 5.82 Å². The van der Waals surface area contributed by atoms with E-state index >= 15 is 0 Å². The lowest BCUT2D eigenvalue weighted by Gasteiger charge is -2.25. The molecule has 1 fully saturated rings. The molecule has 3 rings (SSSR count). The van der Waals surface area contributed by atoms with Gasteiger partial charge >= 0.3 is 0 Å². The Kier molecular flexibility index (Phi) is 3.84. The third-order valence-electron chi connectivity index (χ3n) is 4.26. The van der Waals surface area contributed by atoms with Gasteiger partial charge in [-0.05, 0) is 29.2 Å². The van der Waals surface area contributed by atoms with Crippen molar-refractivity contribution in [2.45, 2.75) is 33.2 Å². The number of nitrogens with zero attached hydrogens (tertiary/aromatic N) is 3. The summed E-state index contributed by atoms with van der Waals surface area (Å²) in [5.74, 6) is 1.48. The predicted molar refractivity (Wildman–Crippen MR) is 92.1 cm³/mol. The lowest BCUT2D eigenvalue weighted by atomic mass is 9.83. The Labute approximate surface area is 135 Å². The molecule has 0 bridgehead atoms. The van der Waals surface area contributed by atoms with Crippen LogP contribution in [0.3, 0.4) is 0 Å². The summed E-state index contributed by atoms with van der Waals surface area (Å²) in [5.41, 5.74) is 7.31. The molecule has 4 nitrogen and oxygen atoms in total. The second-order valence-corrected chi connectivity index (χ2v) is 8.28. The number of nitriles is 1. The highest BCUT2D eigenvalue weighted by Crippen LogP contribution is 2.36. The van der Waals surface area contributed by atoms with E-state index in [2.05, 4.69) is 36.7 Å². The first-order valence-electron chi connectivity index (χ1n) is 7.66. The highest BCUT2D eigenvalue weighted by Gasteiger charge is 2.34. The SMILES string of the molecule is CC(C)(C)C[C@@H]1CN(c2ncc(C#N)c3ccsc23)C[C@H]1N. The molecule has 22 heavy (non-hydrogen) atoms. The first kappa shape index (κ1) is 15.3. The molecule has 0 spiro atoms. The van der Waals surface area contributed by atoms with Crippen molar-refractivity contribution in [2.75, 3.05) is 18.0 Å². The van der Waals surface area contributed by atoms with Gasteiger partial charge in [0.15, 0.2) is 0 Å². The molecule has 5 heteroatoms. The molecule has 2 aromatic heterocycles. The average molecular weight is 314 g/mol. The van der Waals surface area contributed by atoms with Crippen molar-refractivity contribution in [3.05, 3.63) is 23.2 Å². The Balaban J connectivity index is 1.90. The van der Waals surface area contributed by atoms with Gasteiger partial charge in [-0.3, -0.25) is 0 Å². The molecule has 116 valence electrons. The van der Waals surface area contributed by atoms with Gasteiger partial charge in [0, 0.05) is 30.7 Å². The summed E-state index contributed by atoms with van der Waals surface area (Å²) in [7, 11) is 0. The number of thiophene rings is 1. The molecule has 0 unspecified atom stereocenters. The summed E-state index contributed by atoms with van der Waals surface area (Å²) in [5, 5.41) is 12.2. The van der Waals surface area contributed by atoms with E-state index in [1.54, 1.807) is 17.5 Å². The smallest absolute Gasteiger partial charge is 0.146 e. The number of fused-ring (bicyclic) bond motifs is 1. The summed E-state index contributed by atoms with van der Waals surface area (Å²) in [6.07, 6.45) is 2.81. The average Bonchev–Trinajstić information content (AvgIpc) is 3.04. The number of hydrogen-bond acceptors (Lipinski definition) is 5. The number of anilines is 1. The lowest BCUT2D eigenvalue weighted by molar-refractivity contribution is 0.293. The molecule has 2 aromatic rings. The zero-order valence-electron chi connectivity index (χ0n) is 13.3. The molecular formula is C17H22N4S. The maximum Gasteiger partial charge on any atom is 0.146 e. The minimum absolute atomic E-state index is 0.187. The van der Waals surface area contributed by atoms with Crippen LogP contribution in [0.2, 0.25) is 0 Å². The molecule has 2 N–H and O–H groups in total. The summed E-state index contributed by atoms with van der Waals surface area (Å²) in [4.78, 5) is 6.85. The Morgan fingerprint density at radius 2 is 2.23 bits per heavy atom. The number of aromatic nitrogens is 1. The molecule has 0 radical (unpaired) electrons. The first-order chi connectivity index (χ1) is 10.4. The summed E-state index contributed by atoms with van der Waals surface area (Å²) >= 11 is 1.65. The molecule has 0 aromatic carbocycles. The van der Waals surface area contributed by atoms with Crippen molar-refractivity contribution in [3.8, 4) is 6.07 Å². The van der Waals surface area contributed by atoms with Gasteiger partial charge in [0.1, 0.15) is 11.9 Å². The zero-order valence-corrected chi connectivity index (χ0v) is 14.2. The largest absolute Gasteiger partial charge is 0.354 e. The van der Waals surface area contributed by atoms with E-state index in [4.69, 9.17) is 5.73 Å². The number of nitrogens with two attached hydrogens (primary N) is 1. The molecule has 3 heterocycles. The molecule has 0 amide bonds. The third-order valence-corrected chi connectivity index (χ3v) is 5.17.